The van der Waals surface area contributed by atoms with Crippen LogP contribution in [0.4, 0.5) is 18.9 Å². The van der Waals surface area contributed by atoms with Crippen molar-refractivity contribution in [3.05, 3.63) is 59.1 Å². The van der Waals surface area contributed by atoms with E-state index in [0.717, 1.165) is 12.1 Å². The van der Waals surface area contributed by atoms with Crippen LogP contribution >= 0.6 is 11.6 Å². The van der Waals surface area contributed by atoms with E-state index < -0.39 is 11.7 Å². The van der Waals surface area contributed by atoms with Gasteiger partial charge in [-0.2, -0.15) is 13.2 Å². The molecule has 2 aromatic carbocycles. The van der Waals surface area contributed by atoms with Gasteiger partial charge in [0.25, 0.3) is 0 Å². The number of rotatable bonds is 5. The van der Waals surface area contributed by atoms with Crippen LogP contribution in [0.15, 0.2) is 48.5 Å². The maximum atomic E-state index is 12.6. The summed E-state index contributed by atoms with van der Waals surface area (Å²) in [6, 6.07) is 12.1. The van der Waals surface area contributed by atoms with Crippen molar-refractivity contribution >= 4 is 17.3 Å². The fraction of sp³-hybridized carbons (Fsp3) is 0.250. The molecule has 0 aliphatic rings. The van der Waals surface area contributed by atoms with E-state index in [0.29, 0.717) is 23.0 Å². The summed E-state index contributed by atoms with van der Waals surface area (Å²) in [5.41, 5.74) is -0.290. The highest BCUT2D eigenvalue weighted by Crippen LogP contribution is 2.30. The van der Waals surface area contributed by atoms with Crippen LogP contribution in [0, 0.1) is 0 Å². The molecule has 0 radical (unpaired) electrons. The number of anilines is 1. The molecule has 0 spiro atoms. The molecule has 0 bridgehead atoms. The monoisotopic (exact) mass is 329 g/mol. The van der Waals surface area contributed by atoms with Crippen LogP contribution in [-0.4, -0.2) is 12.6 Å². The molecule has 0 aliphatic carbocycles. The summed E-state index contributed by atoms with van der Waals surface area (Å²) in [5.74, 6) is 0.544. The lowest BCUT2D eigenvalue weighted by atomic mass is 10.2. The lowest BCUT2D eigenvalue weighted by molar-refractivity contribution is -0.137. The van der Waals surface area contributed by atoms with Gasteiger partial charge in [-0.1, -0.05) is 29.8 Å². The first-order chi connectivity index (χ1) is 10.4. The van der Waals surface area contributed by atoms with Crippen molar-refractivity contribution in [2.45, 2.75) is 19.2 Å². The molecular weight excluding hydrogens is 315 g/mol. The Morgan fingerprint density at radius 3 is 2.55 bits per heavy atom. The van der Waals surface area contributed by atoms with E-state index in [1.807, 2.05) is 6.92 Å². The van der Waals surface area contributed by atoms with Gasteiger partial charge in [-0.15, -0.1) is 0 Å². The molecule has 0 amide bonds. The molecule has 0 saturated heterocycles. The predicted octanol–water partition coefficient (Wildman–Crippen LogP) is 5.24. The highest BCUT2D eigenvalue weighted by molar-refractivity contribution is 6.32. The van der Waals surface area contributed by atoms with Gasteiger partial charge in [0, 0.05) is 5.69 Å². The first-order valence-electron chi connectivity index (χ1n) is 6.68. The molecule has 1 N–H and O–H groups in total. The van der Waals surface area contributed by atoms with Gasteiger partial charge in [0.1, 0.15) is 11.9 Å². The Balaban J connectivity index is 1.94. The molecule has 2 rings (SSSR count). The van der Waals surface area contributed by atoms with Crippen molar-refractivity contribution < 1.29 is 17.9 Å². The largest absolute Gasteiger partial charge is 0.487 e. The van der Waals surface area contributed by atoms with E-state index in [1.54, 1.807) is 30.3 Å². The van der Waals surface area contributed by atoms with Crippen LogP contribution in [0.1, 0.15) is 12.5 Å². The minimum absolute atomic E-state index is 0.255. The SMILES string of the molecule is CC(CNc1cccc(C(F)(F)F)c1)Oc1ccccc1Cl. The van der Waals surface area contributed by atoms with Crippen molar-refractivity contribution in [2.75, 3.05) is 11.9 Å². The topological polar surface area (TPSA) is 21.3 Å². The molecule has 0 aromatic heterocycles. The minimum Gasteiger partial charge on any atom is -0.487 e. The number of benzene rings is 2. The van der Waals surface area contributed by atoms with Gasteiger partial charge in [0.2, 0.25) is 0 Å². The number of halogens is 4. The number of nitrogens with one attached hydrogen (secondary N) is 1. The van der Waals surface area contributed by atoms with Gasteiger partial charge >= 0.3 is 6.18 Å². The third-order valence-electron chi connectivity index (χ3n) is 2.95. The number of hydrogen-bond acceptors (Lipinski definition) is 2. The molecule has 0 saturated carbocycles. The van der Waals surface area contributed by atoms with Gasteiger partial charge in [0.05, 0.1) is 17.1 Å². The molecule has 1 atom stereocenters. The van der Waals surface area contributed by atoms with E-state index in [-0.39, 0.29) is 6.10 Å². The van der Waals surface area contributed by atoms with Crippen LogP contribution < -0.4 is 10.1 Å². The van der Waals surface area contributed by atoms with Crippen molar-refractivity contribution in [2.24, 2.45) is 0 Å². The second-order valence-electron chi connectivity index (χ2n) is 4.82. The zero-order chi connectivity index (χ0) is 16.2. The zero-order valence-corrected chi connectivity index (χ0v) is 12.6. The van der Waals surface area contributed by atoms with E-state index >= 15 is 0 Å². The van der Waals surface area contributed by atoms with E-state index in [2.05, 4.69) is 5.32 Å². The summed E-state index contributed by atoms with van der Waals surface area (Å²) in [6.45, 7) is 2.16. The normalized spacial score (nSPS) is 12.8. The van der Waals surface area contributed by atoms with Crippen molar-refractivity contribution in [3.63, 3.8) is 0 Å². The molecule has 2 aromatic rings. The fourth-order valence-corrected chi connectivity index (χ4v) is 2.05. The molecular formula is C16H15ClF3NO. The fourth-order valence-electron chi connectivity index (χ4n) is 1.87. The van der Waals surface area contributed by atoms with Crippen molar-refractivity contribution in [3.8, 4) is 5.75 Å². The van der Waals surface area contributed by atoms with Crippen LogP contribution in [0.2, 0.25) is 5.02 Å². The third-order valence-corrected chi connectivity index (χ3v) is 3.26. The van der Waals surface area contributed by atoms with Crippen LogP contribution in [0.3, 0.4) is 0 Å². The Morgan fingerprint density at radius 2 is 1.86 bits per heavy atom. The summed E-state index contributed by atoms with van der Waals surface area (Å²) in [7, 11) is 0. The Bertz CT molecular complexity index is 631. The Kier molecular flexibility index (Phi) is 5.19. The average Bonchev–Trinajstić information content (AvgIpc) is 2.47. The zero-order valence-electron chi connectivity index (χ0n) is 11.8. The summed E-state index contributed by atoms with van der Waals surface area (Å²) >= 11 is 5.99. The first-order valence-corrected chi connectivity index (χ1v) is 7.06. The van der Waals surface area contributed by atoms with Crippen LogP contribution in [-0.2, 0) is 6.18 Å². The molecule has 118 valence electrons. The molecule has 0 fully saturated rings. The van der Waals surface area contributed by atoms with Gasteiger partial charge < -0.3 is 10.1 Å². The summed E-state index contributed by atoms with van der Waals surface area (Å²) in [4.78, 5) is 0. The Labute approximate surface area is 131 Å². The summed E-state index contributed by atoms with van der Waals surface area (Å²) in [6.07, 6.45) is -4.60. The second-order valence-corrected chi connectivity index (χ2v) is 5.23. The molecule has 22 heavy (non-hydrogen) atoms. The van der Waals surface area contributed by atoms with Crippen molar-refractivity contribution in [1.82, 2.24) is 0 Å². The quantitative estimate of drug-likeness (QED) is 0.810. The minimum atomic E-state index is -4.35. The molecule has 0 heterocycles. The number of ether oxygens (including phenoxy) is 1. The van der Waals surface area contributed by atoms with Gasteiger partial charge in [0.15, 0.2) is 0 Å². The van der Waals surface area contributed by atoms with E-state index in [1.165, 1.54) is 6.07 Å². The highest BCUT2D eigenvalue weighted by Gasteiger charge is 2.30. The third kappa shape index (κ3) is 4.56. The highest BCUT2D eigenvalue weighted by atomic mass is 35.5. The molecule has 6 heteroatoms. The van der Waals surface area contributed by atoms with E-state index in [4.69, 9.17) is 16.3 Å². The number of para-hydroxylation sites is 1. The molecule has 0 aliphatic heterocycles. The van der Waals surface area contributed by atoms with Gasteiger partial charge in [-0.3, -0.25) is 0 Å². The number of hydrogen-bond donors (Lipinski definition) is 1. The average molecular weight is 330 g/mol. The smallest absolute Gasteiger partial charge is 0.416 e. The van der Waals surface area contributed by atoms with Gasteiger partial charge in [-0.25, -0.2) is 0 Å². The Morgan fingerprint density at radius 1 is 1.14 bits per heavy atom. The standard InChI is InChI=1S/C16H15ClF3NO/c1-11(22-15-8-3-2-7-14(15)17)10-21-13-6-4-5-12(9-13)16(18,19)20/h2-9,11,21H,10H2,1H3. The van der Waals surface area contributed by atoms with Crippen LogP contribution in [0.25, 0.3) is 0 Å². The van der Waals surface area contributed by atoms with E-state index in [9.17, 15) is 13.2 Å². The lowest BCUT2D eigenvalue weighted by Crippen LogP contribution is -2.23. The predicted molar refractivity (Wildman–Crippen MR) is 81.5 cm³/mol. The Hall–Kier alpha value is -1.88. The second kappa shape index (κ2) is 6.92. The molecule has 2 nitrogen and oxygen atoms in total. The lowest BCUT2D eigenvalue weighted by Gasteiger charge is -2.17. The number of alkyl halides is 3. The van der Waals surface area contributed by atoms with Crippen molar-refractivity contribution in [1.29, 1.82) is 0 Å². The van der Waals surface area contributed by atoms with Crippen LogP contribution in [0.5, 0.6) is 5.75 Å². The summed E-state index contributed by atoms with van der Waals surface area (Å²) in [5, 5.41) is 3.42. The molecule has 1 unspecified atom stereocenters. The summed E-state index contributed by atoms with van der Waals surface area (Å²) < 4.78 is 43.5. The maximum absolute atomic E-state index is 12.6. The van der Waals surface area contributed by atoms with Gasteiger partial charge in [-0.05, 0) is 37.3 Å². The maximum Gasteiger partial charge on any atom is 0.416 e. The first kappa shape index (κ1) is 16.5.